The lowest BCUT2D eigenvalue weighted by molar-refractivity contribution is 0.0492. The minimum atomic E-state index is 0.347. The third-order valence-electron chi connectivity index (χ3n) is 3.24. The molecule has 94 valence electrons. The molecule has 0 radical (unpaired) electrons. The molecule has 1 aromatic rings. The summed E-state index contributed by atoms with van der Waals surface area (Å²) in [5, 5.41) is 3.40. The molecular formula is C14H21NOS. The molecule has 2 rings (SSSR count). The highest BCUT2D eigenvalue weighted by atomic mass is 32.2. The SMILES string of the molecule is CNC(Cc1ccc(C)cc1)C1CSCCO1. The normalized spacial score (nSPS) is 22.4. The van der Waals surface area contributed by atoms with Crippen LogP contribution >= 0.6 is 11.8 Å². The molecule has 1 fully saturated rings. The smallest absolute Gasteiger partial charge is 0.0821 e. The van der Waals surface area contributed by atoms with Crippen LogP contribution in [-0.4, -0.2) is 37.3 Å². The Morgan fingerprint density at radius 2 is 2.18 bits per heavy atom. The van der Waals surface area contributed by atoms with Crippen molar-refractivity contribution in [2.75, 3.05) is 25.2 Å². The highest BCUT2D eigenvalue weighted by Gasteiger charge is 2.23. The summed E-state index contributed by atoms with van der Waals surface area (Å²) in [7, 11) is 2.03. The Kier molecular flexibility index (Phi) is 4.89. The molecule has 0 amide bonds. The molecule has 2 nitrogen and oxygen atoms in total. The van der Waals surface area contributed by atoms with Crippen molar-refractivity contribution in [3.63, 3.8) is 0 Å². The van der Waals surface area contributed by atoms with E-state index in [-0.39, 0.29) is 0 Å². The molecule has 17 heavy (non-hydrogen) atoms. The average molecular weight is 251 g/mol. The van der Waals surface area contributed by atoms with Crippen molar-refractivity contribution in [1.29, 1.82) is 0 Å². The van der Waals surface area contributed by atoms with E-state index in [0.717, 1.165) is 24.5 Å². The average Bonchev–Trinajstić information content (AvgIpc) is 2.39. The van der Waals surface area contributed by atoms with E-state index in [1.807, 2.05) is 18.8 Å². The van der Waals surface area contributed by atoms with Crippen LogP contribution in [-0.2, 0) is 11.2 Å². The summed E-state index contributed by atoms with van der Waals surface area (Å²) in [4.78, 5) is 0. The van der Waals surface area contributed by atoms with Gasteiger partial charge in [0.05, 0.1) is 12.7 Å². The molecule has 3 heteroatoms. The van der Waals surface area contributed by atoms with Crippen molar-refractivity contribution < 1.29 is 4.74 Å². The van der Waals surface area contributed by atoms with Gasteiger partial charge in [-0.05, 0) is 26.0 Å². The molecule has 0 aromatic heterocycles. The molecular weight excluding hydrogens is 230 g/mol. The molecule has 1 heterocycles. The second-order valence-corrected chi connectivity index (χ2v) is 5.72. The number of benzene rings is 1. The van der Waals surface area contributed by atoms with Gasteiger partial charge >= 0.3 is 0 Å². The van der Waals surface area contributed by atoms with Gasteiger partial charge in [-0.2, -0.15) is 11.8 Å². The van der Waals surface area contributed by atoms with Crippen LogP contribution in [0.4, 0.5) is 0 Å². The van der Waals surface area contributed by atoms with E-state index in [4.69, 9.17) is 4.74 Å². The lowest BCUT2D eigenvalue weighted by Gasteiger charge is -2.30. The Hall–Kier alpha value is -0.510. The second-order valence-electron chi connectivity index (χ2n) is 4.57. The lowest BCUT2D eigenvalue weighted by atomic mass is 10.0. The monoisotopic (exact) mass is 251 g/mol. The molecule has 2 atom stereocenters. The molecule has 0 saturated carbocycles. The maximum absolute atomic E-state index is 5.84. The third-order valence-corrected chi connectivity index (χ3v) is 4.26. The largest absolute Gasteiger partial charge is 0.375 e. The fourth-order valence-corrected chi connectivity index (χ4v) is 3.08. The van der Waals surface area contributed by atoms with Crippen molar-refractivity contribution >= 4 is 11.8 Å². The highest BCUT2D eigenvalue weighted by molar-refractivity contribution is 7.99. The van der Waals surface area contributed by atoms with Gasteiger partial charge in [-0.3, -0.25) is 0 Å². The van der Waals surface area contributed by atoms with Crippen molar-refractivity contribution in [3.05, 3.63) is 35.4 Å². The van der Waals surface area contributed by atoms with E-state index in [9.17, 15) is 0 Å². The van der Waals surface area contributed by atoms with Crippen LogP contribution in [0.1, 0.15) is 11.1 Å². The summed E-state index contributed by atoms with van der Waals surface area (Å²) < 4.78 is 5.84. The van der Waals surface area contributed by atoms with Gasteiger partial charge in [0, 0.05) is 17.5 Å². The Bertz CT molecular complexity index is 333. The first kappa shape index (κ1) is 12.9. The molecule has 1 aliphatic heterocycles. The van der Waals surface area contributed by atoms with Crippen LogP contribution in [0.15, 0.2) is 24.3 Å². The molecule has 0 spiro atoms. The van der Waals surface area contributed by atoms with E-state index in [0.29, 0.717) is 12.1 Å². The van der Waals surface area contributed by atoms with E-state index >= 15 is 0 Å². The maximum Gasteiger partial charge on any atom is 0.0821 e. The third kappa shape index (κ3) is 3.73. The van der Waals surface area contributed by atoms with Gasteiger partial charge in [0.25, 0.3) is 0 Å². The van der Waals surface area contributed by atoms with E-state index in [1.54, 1.807) is 0 Å². The number of nitrogens with one attached hydrogen (secondary N) is 1. The summed E-state index contributed by atoms with van der Waals surface area (Å²) in [5.74, 6) is 2.24. The Balaban J connectivity index is 1.96. The molecule has 1 aliphatic rings. The van der Waals surface area contributed by atoms with Crippen molar-refractivity contribution in [2.24, 2.45) is 0 Å². The van der Waals surface area contributed by atoms with Crippen LogP contribution in [0.2, 0.25) is 0 Å². The first-order valence-corrected chi connectivity index (χ1v) is 7.37. The van der Waals surface area contributed by atoms with E-state index in [2.05, 4.69) is 36.5 Å². The second kappa shape index (κ2) is 6.43. The topological polar surface area (TPSA) is 21.3 Å². The number of hydrogen-bond acceptors (Lipinski definition) is 3. The first-order valence-electron chi connectivity index (χ1n) is 6.22. The van der Waals surface area contributed by atoms with Gasteiger partial charge in [-0.15, -0.1) is 0 Å². The Morgan fingerprint density at radius 1 is 1.41 bits per heavy atom. The van der Waals surface area contributed by atoms with Gasteiger partial charge in [0.15, 0.2) is 0 Å². The van der Waals surface area contributed by atoms with Crippen LogP contribution in [0.25, 0.3) is 0 Å². The number of hydrogen-bond donors (Lipinski definition) is 1. The van der Waals surface area contributed by atoms with E-state index in [1.165, 1.54) is 11.1 Å². The molecule has 0 aliphatic carbocycles. The zero-order valence-corrected chi connectivity index (χ0v) is 11.4. The summed E-state index contributed by atoms with van der Waals surface area (Å²) in [6.45, 7) is 3.02. The van der Waals surface area contributed by atoms with Crippen molar-refractivity contribution in [3.8, 4) is 0 Å². The van der Waals surface area contributed by atoms with Gasteiger partial charge in [-0.25, -0.2) is 0 Å². The van der Waals surface area contributed by atoms with Crippen molar-refractivity contribution in [1.82, 2.24) is 5.32 Å². The van der Waals surface area contributed by atoms with Crippen LogP contribution in [0.3, 0.4) is 0 Å². The quantitative estimate of drug-likeness (QED) is 0.887. The predicted molar refractivity (Wildman–Crippen MR) is 74.8 cm³/mol. The zero-order chi connectivity index (χ0) is 12.1. The molecule has 1 saturated heterocycles. The predicted octanol–water partition coefficient (Wildman–Crippen LogP) is 2.26. The molecule has 0 bridgehead atoms. The minimum Gasteiger partial charge on any atom is -0.375 e. The van der Waals surface area contributed by atoms with Crippen LogP contribution in [0.5, 0.6) is 0 Å². The number of ether oxygens (including phenoxy) is 1. The Morgan fingerprint density at radius 3 is 2.76 bits per heavy atom. The Labute approximate surface area is 108 Å². The van der Waals surface area contributed by atoms with Gasteiger partial charge < -0.3 is 10.1 Å². The first-order chi connectivity index (χ1) is 8.29. The fraction of sp³-hybridized carbons (Fsp3) is 0.571. The number of rotatable bonds is 4. The molecule has 1 N–H and O–H groups in total. The van der Waals surface area contributed by atoms with Crippen molar-refractivity contribution in [2.45, 2.75) is 25.5 Å². The molecule has 2 unspecified atom stereocenters. The fourth-order valence-electron chi connectivity index (χ4n) is 2.14. The summed E-state index contributed by atoms with van der Waals surface area (Å²) in [6, 6.07) is 9.22. The minimum absolute atomic E-state index is 0.347. The van der Waals surface area contributed by atoms with E-state index < -0.39 is 0 Å². The van der Waals surface area contributed by atoms with Gasteiger partial charge in [-0.1, -0.05) is 29.8 Å². The van der Waals surface area contributed by atoms with Gasteiger partial charge in [0.1, 0.15) is 0 Å². The number of thioether (sulfide) groups is 1. The molecule has 1 aromatic carbocycles. The van der Waals surface area contributed by atoms with Crippen LogP contribution < -0.4 is 5.32 Å². The summed E-state index contributed by atoms with van der Waals surface area (Å²) in [6.07, 6.45) is 1.39. The van der Waals surface area contributed by atoms with Crippen LogP contribution in [0, 0.1) is 6.92 Å². The van der Waals surface area contributed by atoms with Gasteiger partial charge in [0.2, 0.25) is 0 Å². The maximum atomic E-state index is 5.84. The summed E-state index contributed by atoms with van der Waals surface area (Å²) in [5.41, 5.74) is 2.70. The number of likely N-dealkylation sites (N-methyl/N-ethyl adjacent to an activating group) is 1. The summed E-state index contributed by atoms with van der Waals surface area (Å²) >= 11 is 1.99. The highest BCUT2D eigenvalue weighted by Crippen LogP contribution is 2.18. The number of aryl methyl sites for hydroxylation is 1. The zero-order valence-electron chi connectivity index (χ0n) is 10.6. The standard InChI is InChI=1S/C14H21NOS/c1-11-3-5-12(6-4-11)9-13(15-2)14-10-17-8-7-16-14/h3-6,13-15H,7-10H2,1-2H3. The lowest BCUT2D eigenvalue weighted by Crippen LogP contribution is -2.44.